The molecule has 1 saturated heterocycles. The van der Waals surface area contributed by atoms with Crippen LogP contribution in [0.2, 0.25) is 0 Å². The van der Waals surface area contributed by atoms with Gasteiger partial charge in [0.1, 0.15) is 6.29 Å². The van der Waals surface area contributed by atoms with Gasteiger partial charge in [-0.05, 0) is 6.92 Å². The standard InChI is InChI=1S/C7H13ClN2O/c1-6(5-11)10-3-2-9-4-7(10)8/h5-7,9H,2-4H2,1H3. The van der Waals surface area contributed by atoms with E-state index in [-0.39, 0.29) is 11.5 Å². The summed E-state index contributed by atoms with van der Waals surface area (Å²) in [6.45, 7) is 4.41. The van der Waals surface area contributed by atoms with Crippen LogP contribution in [-0.4, -0.2) is 42.4 Å². The van der Waals surface area contributed by atoms with Gasteiger partial charge in [0, 0.05) is 19.6 Å². The highest BCUT2D eigenvalue weighted by molar-refractivity contribution is 6.20. The van der Waals surface area contributed by atoms with Gasteiger partial charge in [-0.2, -0.15) is 0 Å². The number of nitrogens with one attached hydrogen (secondary N) is 1. The number of aldehydes is 1. The van der Waals surface area contributed by atoms with Crippen LogP contribution < -0.4 is 5.32 Å². The van der Waals surface area contributed by atoms with Gasteiger partial charge in [0.25, 0.3) is 0 Å². The van der Waals surface area contributed by atoms with Crippen molar-refractivity contribution in [3.63, 3.8) is 0 Å². The summed E-state index contributed by atoms with van der Waals surface area (Å²) in [4.78, 5) is 12.4. The molecule has 0 aliphatic carbocycles. The maximum absolute atomic E-state index is 10.4. The summed E-state index contributed by atoms with van der Waals surface area (Å²) in [5, 5.41) is 3.15. The fraction of sp³-hybridized carbons (Fsp3) is 0.857. The zero-order chi connectivity index (χ0) is 8.27. The molecular weight excluding hydrogens is 164 g/mol. The Balaban J connectivity index is 2.46. The first-order valence-electron chi connectivity index (χ1n) is 3.81. The molecule has 1 aliphatic heterocycles. The summed E-state index contributed by atoms with van der Waals surface area (Å²) in [5.41, 5.74) is -0.0380. The maximum atomic E-state index is 10.4. The summed E-state index contributed by atoms with van der Waals surface area (Å²) < 4.78 is 0. The van der Waals surface area contributed by atoms with Gasteiger partial charge >= 0.3 is 0 Å². The zero-order valence-electron chi connectivity index (χ0n) is 6.59. The lowest BCUT2D eigenvalue weighted by molar-refractivity contribution is -0.112. The van der Waals surface area contributed by atoms with Gasteiger partial charge in [-0.1, -0.05) is 0 Å². The Bertz CT molecular complexity index is 142. The third kappa shape index (κ3) is 2.15. The minimum Gasteiger partial charge on any atom is -0.313 e. The third-order valence-corrected chi connectivity index (χ3v) is 2.34. The zero-order valence-corrected chi connectivity index (χ0v) is 7.34. The molecule has 1 heterocycles. The lowest BCUT2D eigenvalue weighted by Crippen LogP contribution is -2.52. The van der Waals surface area contributed by atoms with Crippen molar-refractivity contribution in [2.75, 3.05) is 19.6 Å². The number of rotatable bonds is 2. The van der Waals surface area contributed by atoms with Crippen molar-refractivity contribution < 1.29 is 4.79 Å². The van der Waals surface area contributed by atoms with Crippen molar-refractivity contribution >= 4 is 17.9 Å². The molecular formula is C7H13ClN2O. The second-order valence-corrected chi connectivity index (χ2v) is 3.26. The molecule has 1 rings (SSSR count). The summed E-state index contributed by atoms with van der Waals surface area (Å²) >= 11 is 5.96. The molecule has 0 aromatic heterocycles. The van der Waals surface area contributed by atoms with E-state index < -0.39 is 0 Å². The molecule has 0 aromatic rings. The molecule has 1 N–H and O–H groups in total. The smallest absolute Gasteiger partial charge is 0.136 e. The molecule has 0 saturated carbocycles. The largest absolute Gasteiger partial charge is 0.313 e. The highest BCUT2D eigenvalue weighted by atomic mass is 35.5. The van der Waals surface area contributed by atoms with Crippen LogP contribution >= 0.6 is 11.6 Å². The number of alkyl halides is 1. The second kappa shape index (κ2) is 4.04. The Kier molecular flexibility index (Phi) is 3.30. The highest BCUT2D eigenvalue weighted by Gasteiger charge is 2.23. The molecule has 1 aliphatic rings. The van der Waals surface area contributed by atoms with Crippen molar-refractivity contribution in [1.29, 1.82) is 0 Å². The van der Waals surface area contributed by atoms with Crippen molar-refractivity contribution in [3.8, 4) is 0 Å². The number of carbonyl (C=O) groups excluding carboxylic acids is 1. The molecule has 0 amide bonds. The minimum absolute atomic E-state index is 0.0380. The van der Waals surface area contributed by atoms with Gasteiger partial charge in [0.15, 0.2) is 0 Å². The van der Waals surface area contributed by atoms with Gasteiger partial charge in [-0.15, -0.1) is 11.6 Å². The predicted octanol–water partition coefficient (Wildman–Crippen LogP) is 0.0439. The lowest BCUT2D eigenvalue weighted by atomic mass is 10.2. The first-order valence-corrected chi connectivity index (χ1v) is 4.25. The van der Waals surface area contributed by atoms with E-state index >= 15 is 0 Å². The Hall–Kier alpha value is -0.120. The van der Waals surface area contributed by atoms with Crippen LogP contribution in [0.5, 0.6) is 0 Å². The van der Waals surface area contributed by atoms with Crippen molar-refractivity contribution in [3.05, 3.63) is 0 Å². The molecule has 1 fully saturated rings. The van der Waals surface area contributed by atoms with E-state index in [0.717, 1.165) is 25.9 Å². The molecule has 0 radical (unpaired) electrons. The van der Waals surface area contributed by atoms with Crippen LogP contribution in [0.4, 0.5) is 0 Å². The average Bonchev–Trinajstić information content (AvgIpc) is 2.04. The highest BCUT2D eigenvalue weighted by Crippen LogP contribution is 2.09. The Morgan fingerprint density at radius 3 is 3.09 bits per heavy atom. The molecule has 0 aromatic carbocycles. The number of piperazine rings is 1. The monoisotopic (exact) mass is 176 g/mol. The van der Waals surface area contributed by atoms with E-state index in [1.54, 1.807) is 0 Å². The van der Waals surface area contributed by atoms with Crippen LogP contribution in [0.15, 0.2) is 0 Å². The number of nitrogens with zero attached hydrogens (tertiary/aromatic N) is 1. The predicted molar refractivity (Wildman–Crippen MR) is 44.7 cm³/mol. The fourth-order valence-electron chi connectivity index (χ4n) is 1.22. The van der Waals surface area contributed by atoms with Crippen molar-refractivity contribution in [1.82, 2.24) is 10.2 Å². The lowest BCUT2D eigenvalue weighted by Gasteiger charge is -2.34. The number of hydrogen-bond donors (Lipinski definition) is 1. The molecule has 3 nitrogen and oxygen atoms in total. The van der Waals surface area contributed by atoms with Crippen molar-refractivity contribution in [2.24, 2.45) is 0 Å². The number of hydrogen-bond acceptors (Lipinski definition) is 3. The molecule has 4 heteroatoms. The normalized spacial score (nSPS) is 29.8. The van der Waals surface area contributed by atoms with Gasteiger partial charge in [0.05, 0.1) is 11.5 Å². The van der Waals surface area contributed by atoms with E-state index in [2.05, 4.69) is 5.32 Å². The van der Waals surface area contributed by atoms with Crippen LogP contribution in [-0.2, 0) is 4.79 Å². The molecule has 64 valence electrons. The Morgan fingerprint density at radius 1 is 1.82 bits per heavy atom. The fourth-order valence-corrected chi connectivity index (χ4v) is 1.61. The van der Waals surface area contributed by atoms with Gasteiger partial charge in [-0.25, -0.2) is 0 Å². The number of carbonyl (C=O) groups is 1. The maximum Gasteiger partial charge on any atom is 0.136 e. The Labute approximate surface area is 71.7 Å². The van der Waals surface area contributed by atoms with Gasteiger partial charge in [0.2, 0.25) is 0 Å². The molecule has 2 atom stereocenters. The molecule has 2 unspecified atom stereocenters. The topological polar surface area (TPSA) is 32.3 Å². The van der Waals surface area contributed by atoms with Gasteiger partial charge in [-0.3, -0.25) is 4.90 Å². The quantitative estimate of drug-likeness (QED) is 0.367. The van der Waals surface area contributed by atoms with Crippen LogP contribution in [0.25, 0.3) is 0 Å². The van der Waals surface area contributed by atoms with Crippen LogP contribution in [0.1, 0.15) is 6.92 Å². The SMILES string of the molecule is CC(C=O)N1CCNCC1Cl. The number of halogens is 1. The average molecular weight is 177 g/mol. The summed E-state index contributed by atoms with van der Waals surface area (Å²) in [5.74, 6) is 0. The van der Waals surface area contributed by atoms with Crippen molar-refractivity contribution in [2.45, 2.75) is 18.5 Å². The van der Waals surface area contributed by atoms with E-state index in [1.165, 1.54) is 0 Å². The first kappa shape index (κ1) is 8.97. The Morgan fingerprint density at radius 2 is 2.55 bits per heavy atom. The van der Waals surface area contributed by atoms with Crippen LogP contribution in [0, 0.1) is 0 Å². The van der Waals surface area contributed by atoms with E-state index in [4.69, 9.17) is 11.6 Å². The first-order chi connectivity index (χ1) is 5.25. The third-order valence-electron chi connectivity index (χ3n) is 1.94. The second-order valence-electron chi connectivity index (χ2n) is 2.75. The summed E-state index contributed by atoms with van der Waals surface area (Å²) in [6.07, 6.45) is 0.931. The minimum atomic E-state index is -0.0559. The molecule has 0 bridgehead atoms. The van der Waals surface area contributed by atoms with E-state index in [1.807, 2.05) is 11.8 Å². The summed E-state index contributed by atoms with van der Waals surface area (Å²) in [6, 6.07) is -0.0559. The summed E-state index contributed by atoms with van der Waals surface area (Å²) in [7, 11) is 0. The molecule has 0 spiro atoms. The van der Waals surface area contributed by atoms with E-state index in [0.29, 0.717) is 0 Å². The van der Waals surface area contributed by atoms with E-state index in [9.17, 15) is 4.79 Å². The van der Waals surface area contributed by atoms with Gasteiger partial charge < -0.3 is 10.1 Å². The molecule has 11 heavy (non-hydrogen) atoms. The van der Waals surface area contributed by atoms with Crippen LogP contribution in [0.3, 0.4) is 0 Å².